The molecule has 2 aromatic rings. The van der Waals surface area contributed by atoms with Crippen LogP contribution >= 0.6 is 11.3 Å². The predicted octanol–water partition coefficient (Wildman–Crippen LogP) is 3.75. The van der Waals surface area contributed by atoms with E-state index in [0.717, 1.165) is 18.4 Å². The molecule has 3 rings (SSSR count). The Hall–Kier alpha value is -2.87. The molecule has 8 heteroatoms. The molecule has 1 amide bonds. The topological polar surface area (TPSA) is 90.9 Å². The lowest BCUT2D eigenvalue weighted by atomic mass is 10.1. The van der Waals surface area contributed by atoms with Gasteiger partial charge in [0, 0.05) is 0 Å². The molecule has 7 nitrogen and oxygen atoms in total. The number of carbonyl (C=O) groups is 3. The summed E-state index contributed by atoms with van der Waals surface area (Å²) in [6.45, 7) is 3.06. The van der Waals surface area contributed by atoms with E-state index in [4.69, 9.17) is 14.2 Å². The molecule has 1 atom stereocenters. The zero-order chi connectivity index (χ0) is 20.8. The molecule has 1 aromatic heterocycles. The van der Waals surface area contributed by atoms with Gasteiger partial charge in [-0.2, -0.15) is 0 Å². The highest BCUT2D eigenvalue weighted by Crippen LogP contribution is 2.46. The smallest absolute Gasteiger partial charge is 0.347 e. The molecule has 0 aliphatic heterocycles. The highest BCUT2D eigenvalue weighted by Gasteiger charge is 2.32. The minimum absolute atomic E-state index is 0.253. The van der Waals surface area contributed by atoms with Crippen LogP contribution in [0.1, 0.15) is 48.5 Å². The molecule has 1 fully saturated rings. The fraction of sp³-hybridized carbons (Fsp3) is 0.381. The van der Waals surface area contributed by atoms with Crippen molar-refractivity contribution in [3.05, 3.63) is 46.8 Å². The van der Waals surface area contributed by atoms with Gasteiger partial charge >= 0.3 is 11.9 Å². The van der Waals surface area contributed by atoms with Crippen LogP contribution in [0.2, 0.25) is 0 Å². The number of thiophene rings is 1. The average Bonchev–Trinajstić information content (AvgIpc) is 3.47. The van der Waals surface area contributed by atoms with Crippen molar-refractivity contribution < 1.29 is 28.6 Å². The lowest BCUT2D eigenvalue weighted by molar-refractivity contribution is -0.153. The highest BCUT2D eigenvalue weighted by molar-refractivity contribution is 7.15. The van der Waals surface area contributed by atoms with E-state index >= 15 is 0 Å². The van der Waals surface area contributed by atoms with E-state index in [1.807, 2.05) is 11.4 Å². The molecule has 1 saturated carbocycles. The van der Waals surface area contributed by atoms with Gasteiger partial charge in [0.15, 0.2) is 12.7 Å². The van der Waals surface area contributed by atoms with E-state index in [-0.39, 0.29) is 6.61 Å². The SMILES string of the molecule is CCOC(=O)c1c(C2CC2)csc1NC(=O)COC(=O)[C@H](C)Oc1ccccc1. The maximum absolute atomic E-state index is 12.3. The summed E-state index contributed by atoms with van der Waals surface area (Å²) >= 11 is 1.27. The van der Waals surface area contributed by atoms with E-state index in [2.05, 4.69) is 5.32 Å². The fourth-order valence-corrected chi connectivity index (χ4v) is 3.79. The first-order valence-corrected chi connectivity index (χ1v) is 10.3. The molecule has 154 valence electrons. The summed E-state index contributed by atoms with van der Waals surface area (Å²) < 4.78 is 15.6. The predicted molar refractivity (Wildman–Crippen MR) is 108 cm³/mol. The molecule has 1 aliphatic rings. The van der Waals surface area contributed by atoms with Crippen molar-refractivity contribution in [3.8, 4) is 5.75 Å². The fourth-order valence-electron chi connectivity index (χ4n) is 2.74. The van der Waals surface area contributed by atoms with Crippen LogP contribution in [0.3, 0.4) is 0 Å². The number of amides is 1. The summed E-state index contributed by atoms with van der Waals surface area (Å²) in [5.74, 6) is -0.760. The molecule has 1 aliphatic carbocycles. The molecule has 1 N–H and O–H groups in total. The van der Waals surface area contributed by atoms with Gasteiger partial charge in [-0.15, -0.1) is 11.3 Å². The number of hydrogen-bond acceptors (Lipinski definition) is 7. The van der Waals surface area contributed by atoms with Gasteiger partial charge in [-0.05, 0) is 55.7 Å². The lowest BCUT2D eigenvalue weighted by Gasteiger charge is -2.14. The normalized spacial score (nSPS) is 14.0. The first kappa shape index (κ1) is 20.9. The molecule has 0 spiro atoms. The van der Waals surface area contributed by atoms with E-state index in [0.29, 0.717) is 22.2 Å². The molecule has 29 heavy (non-hydrogen) atoms. The summed E-state index contributed by atoms with van der Waals surface area (Å²) in [7, 11) is 0. The summed E-state index contributed by atoms with van der Waals surface area (Å²) in [5.41, 5.74) is 1.31. The van der Waals surface area contributed by atoms with Crippen molar-refractivity contribution in [1.29, 1.82) is 0 Å². The number of ether oxygens (including phenoxy) is 3. The average molecular weight is 417 g/mol. The Bertz CT molecular complexity index is 875. The Kier molecular flexibility index (Phi) is 6.87. The third-order valence-corrected chi connectivity index (χ3v) is 5.22. The van der Waals surface area contributed by atoms with Crippen molar-refractivity contribution in [2.45, 2.75) is 38.7 Å². The summed E-state index contributed by atoms with van der Waals surface area (Å²) in [4.78, 5) is 36.6. The third-order valence-electron chi connectivity index (χ3n) is 4.30. The molecule has 1 aromatic carbocycles. The monoisotopic (exact) mass is 417 g/mol. The van der Waals surface area contributed by atoms with Crippen molar-refractivity contribution >= 4 is 34.2 Å². The van der Waals surface area contributed by atoms with E-state index in [1.165, 1.54) is 11.3 Å². The van der Waals surface area contributed by atoms with Crippen molar-refractivity contribution in [3.63, 3.8) is 0 Å². The number of carbonyl (C=O) groups excluding carboxylic acids is 3. The number of benzene rings is 1. The second kappa shape index (κ2) is 9.56. The largest absolute Gasteiger partial charge is 0.479 e. The zero-order valence-electron chi connectivity index (χ0n) is 16.3. The van der Waals surface area contributed by atoms with Crippen molar-refractivity contribution in [2.75, 3.05) is 18.5 Å². The maximum atomic E-state index is 12.3. The first-order valence-electron chi connectivity index (χ1n) is 9.46. The third kappa shape index (κ3) is 5.57. The van der Waals surface area contributed by atoms with E-state index in [9.17, 15) is 14.4 Å². The van der Waals surface area contributed by atoms with Crippen LogP contribution in [-0.4, -0.2) is 37.2 Å². The van der Waals surface area contributed by atoms with Gasteiger partial charge in [0.2, 0.25) is 0 Å². The number of esters is 2. The Morgan fingerprint density at radius 2 is 1.90 bits per heavy atom. The van der Waals surface area contributed by atoms with Crippen LogP contribution in [0.5, 0.6) is 5.75 Å². The lowest BCUT2D eigenvalue weighted by Crippen LogP contribution is -2.29. The van der Waals surface area contributed by atoms with Gasteiger partial charge in [-0.25, -0.2) is 9.59 Å². The summed E-state index contributed by atoms with van der Waals surface area (Å²) in [6.07, 6.45) is 1.18. The maximum Gasteiger partial charge on any atom is 0.347 e. The second-order valence-electron chi connectivity index (χ2n) is 6.62. The second-order valence-corrected chi connectivity index (χ2v) is 7.50. The van der Waals surface area contributed by atoms with E-state index < -0.39 is 30.6 Å². The Morgan fingerprint density at radius 1 is 1.17 bits per heavy atom. The summed E-state index contributed by atoms with van der Waals surface area (Å²) in [6, 6.07) is 8.87. The highest BCUT2D eigenvalue weighted by atomic mass is 32.1. The Morgan fingerprint density at radius 3 is 2.55 bits per heavy atom. The van der Waals surface area contributed by atoms with Crippen LogP contribution in [0, 0.1) is 0 Å². The Balaban J connectivity index is 1.55. The van der Waals surface area contributed by atoms with Gasteiger partial charge < -0.3 is 19.5 Å². The van der Waals surface area contributed by atoms with E-state index in [1.54, 1.807) is 38.1 Å². The Labute approximate surface area is 173 Å². The van der Waals surface area contributed by atoms with Crippen LogP contribution in [-0.2, 0) is 19.1 Å². The van der Waals surface area contributed by atoms with Gasteiger partial charge in [-0.1, -0.05) is 18.2 Å². The van der Waals surface area contributed by atoms with Crippen LogP contribution < -0.4 is 10.1 Å². The minimum Gasteiger partial charge on any atom is -0.479 e. The molecule has 0 radical (unpaired) electrons. The van der Waals surface area contributed by atoms with Crippen LogP contribution in [0.25, 0.3) is 0 Å². The quantitative estimate of drug-likeness (QED) is 0.625. The van der Waals surface area contributed by atoms with Crippen LogP contribution in [0.15, 0.2) is 35.7 Å². The first-order chi connectivity index (χ1) is 14.0. The van der Waals surface area contributed by atoms with Gasteiger partial charge in [0.1, 0.15) is 10.8 Å². The molecular weight excluding hydrogens is 394 g/mol. The van der Waals surface area contributed by atoms with Crippen molar-refractivity contribution in [1.82, 2.24) is 0 Å². The molecule has 1 heterocycles. The van der Waals surface area contributed by atoms with Gasteiger partial charge in [-0.3, -0.25) is 4.79 Å². The van der Waals surface area contributed by atoms with Gasteiger partial charge in [0.05, 0.1) is 12.2 Å². The number of nitrogens with one attached hydrogen (secondary N) is 1. The zero-order valence-corrected chi connectivity index (χ0v) is 17.1. The molecule has 0 unspecified atom stereocenters. The molecule has 0 saturated heterocycles. The standard InChI is InChI=1S/C21H23NO6S/c1-3-26-21(25)18-16(14-9-10-14)12-29-19(18)22-17(23)11-27-20(24)13(2)28-15-7-5-4-6-8-15/h4-8,12-14H,3,9-11H2,1-2H3,(H,22,23)/t13-/m0/s1. The molecule has 0 bridgehead atoms. The van der Waals surface area contributed by atoms with Crippen molar-refractivity contribution in [2.24, 2.45) is 0 Å². The molecular formula is C21H23NO6S. The number of para-hydroxylation sites is 1. The van der Waals surface area contributed by atoms with Gasteiger partial charge in [0.25, 0.3) is 5.91 Å². The number of anilines is 1. The van der Waals surface area contributed by atoms with Crippen LogP contribution in [0.4, 0.5) is 5.00 Å². The number of hydrogen-bond donors (Lipinski definition) is 1. The summed E-state index contributed by atoms with van der Waals surface area (Å²) in [5, 5.41) is 4.95. The number of rotatable bonds is 9. The minimum atomic E-state index is -0.858.